The lowest BCUT2D eigenvalue weighted by Gasteiger charge is -2.26. The van der Waals surface area contributed by atoms with E-state index in [0.29, 0.717) is 13.1 Å². The standard InChI is InChI=1S/C19H27N5O/c25-19(21-10-15-24-14-9-20-16-24)22-18-6-4-17(5-7-18)8-13-23-11-2-1-3-12-23/h4-7,9,14,16H,1-3,8,10-13,15H2,(H2,21,22,25). The van der Waals surface area contributed by atoms with Gasteiger partial charge >= 0.3 is 6.03 Å². The number of urea groups is 1. The highest BCUT2D eigenvalue weighted by Gasteiger charge is 2.09. The Hall–Kier alpha value is -2.34. The largest absolute Gasteiger partial charge is 0.336 e. The van der Waals surface area contributed by atoms with E-state index in [4.69, 9.17) is 0 Å². The van der Waals surface area contributed by atoms with Gasteiger partial charge in [-0.25, -0.2) is 9.78 Å². The minimum Gasteiger partial charge on any atom is -0.336 e. The molecular weight excluding hydrogens is 314 g/mol. The average molecular weight is 341 g/mol. The summed E-state index contributed by atoms with van der Waals surface area (Å²) in [6, 6.07) is 7.97. The van der Waals surface area contributed by atoms with Crippen molar-refractivity contribution < 1.29 is 4.79 Å². The number of amides is 2. The van der Waals surface area contributed by atoms with Crippen molar-refractivity contribution in [3.05, 3.63) is 48.5 Å². The number of likely N-dealkylation sites (tertiary alicyclic amines) is 1. The number of imidazole rings is 1. The molecule has 1 aromatic carbocycles. The molecular formula is C19H27N5O. The van der Waals surface area contributed by atoms with Crippen LogP contribution in [-0.2, 0) is 13.0 Å². The van der Waals surface area contributed by atoms with Crippen molar-refractivity contribution in [2.75, 3.05) is 31.5 Å². The molecule has 1 fully saturated rings. The van der Waals surface area contributed by atoms with E-state index in [1.807, 2.05) is 22.9 Å². The van der Waals surface area contributed by atoms with Crippen molar-refractivity contribution in [3.63, 3.8) is 0 Å². The Morgan fingerprint density at radius 2 is 1.88 bits per heavy atom. The second kappa shape index (κ2) is 9.22. The lowest BCUT2D eigenvalue weighted by molar-refractivity contribution is 0.231. The predicted molar refractivity (Wildman–Crippen MR) is 99.7 cm³/mol. The molecule has 0 unspecified atom stereocenters. The van der Waals surface area contributed by atoms with Gasteiger partial charge in [-0.05, 0) is 50.0 Å². The zero-order valence-corrected chi connectivity index (χ0v) is 14.7. The highest BCUT2D eigenvalue weighted by Crippen LogP contribution is 2.12. The molecule has 1 aliphatic heterocycles. The quantitative estimate of drug-likeness (QED) is 0.814. The first-order valence-corrected chi connectivity index (χ1v) is 9.11. The van der Waals surface area contributed by atoms with Crippen molar-refractivity contribution in [2.45, 2.75) is 32.2 Å². The third-order valence-corrected chi connectivity index (χ3v) is 4.59. The van der Waals surface area contributed by atoms with Gasteiger partial charge in [-0.2, -0.15) is 0 Å². The third kappa shape index (κ3) is 5.90. The first-order chi connectivity index (χ1) is 12.3. The van der Waals surface area contributed by atoms with Gasteiger partial charge in [0.1, 0.15) is 0 Å². The molecule has 3 rings (SSSR count). The Balaban J connectivity index is 1.37. The molecule has 2 N–H and O–H groups in total. The van der Waals surface area contributed by atoms with Crippen LogP contribution in [0.5, 0.6) is 0 Å². The highest BCUT2D eigenvalue weighted by molar-refractivity contribution is 5.89. The van der Waals surface area contributed by atoms with Crippen LogP contribution < -0.4 is 10.6 Å². The van der Waals surface area contributed by atoms with Gasteiger partial charge in [0.25, 0.3) is 0 Å². The number of anilines is 1. The Morgan fingerprint density at radius 3 is 2.60 bits per heavy atom. The van der Waals surface area contributed by atoms with E-state index in [1.54, 1.807) is 12.5 Å². The Morgan fingerprint density at radius 1 is 1.08 bits per heavy atom. The van der Waals surface area contributed by atoms with Crippen molar-refractivity contribution in [3.8, 4) is 0 Å². The van der Waals surface area contributed by atoms with E-state index in [-0.39, 0.29) is 6.03 Å². The maximum atomic E-state index is 11.9. The van der Waals surface area contributed by atoms with Crippen molar-refractivity contribution in [2.24, 2.45) is 0 Å². The molecule has 0 bridgehead atoms. The van der Waals surface area contributed by atoms with Crippen LogP contribution >= 0.6 is 0 Å². The van der Waals surface area contributed by atoms with E-state index < -0.39 is 0 Å². The second-order valence-corrected chi connectivity index (χ2v) is 6.53. The van der Waals surface area contributed by atoms with Crippen molar-refractivity contribution in [1.82, 2.24) is 19.8 Å². The summed E-state index contributed by atoms with van der Waals surface area (Å²) in [5.74, 6) is 0. The van der Waals surface area contributed by atoms with Crippen LogP contribution in [0.3, 0.4) is 0 Å². The van der Waals surface area contributed by atoms with Crippen LogP contribution in [0.25, 0.3) is 0 Å². The number of hydrogen-bond donors (Lipinski definition) is 2. The Kier molecular flexibility index (Phi) is 6.45. The molecule has 0 spiro atoms. The fraction of sp³-hybridized carbons (Fsp3) is 0.474. The first kappa shape index (κ1) is 17.5. The summed E-state index contributed by atoms with van der Waals surface area (Å²) in [6.07, 6.45) is 10.5. The molecule has 0 atom stereocenters. The smallest absolute Gasteiger partial charge is 0.319 e. The summed E-state index contributed by atoms with van der Waals surface area (Å²) in [4.78, 5) is 18.4. The molecule has 1 saturated heterocycles. The van der Waals surface area contributed by atoms with Gasteiger partial charge in [-0.1, -0.05) is 18.6 Å². The maximum Gasteiger partial charge on any atom is 0.319 e. The minimum atomic E-state index is -0.179. The summed E-state index contributed by atoms with van der Waals surface area (Å²) in [5, 5.41) is 5.72. The number of rotatable bonds is 7. The van der Waals surface area contributed by atoms with Gasteiger partial charge in [0, 0.05) is 37.7 Å². The molecule has 134 valence electrons. The number of hydrogen-bond acceptors (Lipinski definition) is 3. The Labute approximate surface area is 149 Å². The molecule has 0 aliphatic carbocycles. The number of nitrogens with zero attached hydrogens (tertiary/aromatic N) is 3. The minimum absolute atomic E-state index is 0.179. The molecule has 6 heteroatoms. The van der Waals surface area contributed by atoms with Gasteiger partial charge in [-0.15, -0.1) is 0 Å². The summed E-state index contributed by atoms with van der Waals surface area (Å²) < 4.78 is 1.93. The third-order valence-electron chi connectivity index (χ3n) is 4.59. The number of piperidine rings is 1. The fourth-order valence-corrected chi connectivity index (χ4v) is 3.12. The molecule has 0 saturated carbocycles. The van der Waals surface area contributed by atoms with E-state index in [0.717, 1.165) is 18.7 Å². The molecule has 2 heterocycles. The number of carbonyl (C=O) groups is 1. The summed E-state index contributed by atoms with van der Waals surface area (Å²) in [5.41, 5.74) is 2.14. The van der Waals surface area contributed by atoms with Crippen LogP contribution in [0.1, 0.15) is 24.8 Å². The topological polar surface area (TPSA) is 62.2 Å². The predicted octanol–water partition coefficient (Wildman–Crippen LogP) is 2.73. The van der Waals surface area contributed by atoms with Crippen LogP contribution in [0.15, 0.2) is 43.0 Å². The lowest BCUT2D eigenvalue weighted by atomic mass is 10.1. The lowest BCUT2D eigenvalue weighted by Crippen LogP contribution is -2.31. The van der Waals surface area contributed by atoms with E-state index in [2.05, 4.69) is 32.7 Å². The second-order valence-electron chi connectivity index (χ2n) is 6.53. The highest BCUT2D eigenvalue weighted by atomic mass is 16.2. The molecule has 0 radical (unpaired) electrons. The SMILES string of the molecule is O=C(NCCn1ccnc1)Nc1ccc(CCN2CCCCC2)cc1. The van der Waals surface area contributed by atoms with Gasteiger partial charge in [0.2, 0.25) is 0 Å². The van der Waals surface area contributed by atoms with Crippen molar-refractivity contribution in [1.29, 1.82) is 0 Å². The van der Waals surface area contributed by atoms with E-state index >= 15 is 0 Å². The number of aromatic nitrogens is 2. The molecule has 6 nitrogen and oxygen atoms in total. The zero-order chi connectivity index (χ0) is 17.3. The first-order valence-electron chi connectivity index (χ1n) is 9.11. The Bertz CT molecular complexity index is 632. The van der Waals surface area contributed by atoms with Crippen molar-refractivity contribution >= 4 is 11.7 Å². The summed E-state index contributed by atoms with van der Waals surface area (Å²) in [7, 11) is 0. The number of carbonyl (C=O) groups excluding carboxylic acids is 1. The monoisotopic (exact) mass is 341 g/mol. The molecule has 2 amide bonds. The van der Waals surface area contributed by atoms with E-state index in [1.165, 1.54) is 37.9 Å². The fourth-order valence-electron chi connectivity index (χ4n) is 3.12. The van der Waals surface area contributed by atoms with Crippen LogP contribution in [0.2, 0.25) is 0 Å². The van der Waals surface area contributed by atoms with Gasteiger partial charge in [-0.3, -0.25) is 0 Å². The molecule has 2 aromatic rings. The summed E-state index contributed by atoms with van der Waals surface area (Å²) >= 11 is 0. The van der Waals surface area contributed by atoms with Gasteiger partial charge in [0.05, 0.1) is 6.33 Å². The number of benzene rings is 1. The number of nitrogens with one attached hydrogen (secondary N) is 2. The summed E-state index contributed by atoms with van der Waals surface area (Å²) in [6.45, 7) is 4.87. The van der Waals surface area contributed by atoms with Crippen LogP contribution in [0.4, 0.5) is 10.5 Å². The molecule has 1 aliphatic rings. The zero-order valence-electron chi connectivity index (χ0n) is 14.7. The normalized spacial score (nSPS) is 15.0. The van der Waals surface area contributed by atoms with Crippen LogP contribution in [0, 0.1) is 0 Å². The maximum absolute atomic E-state index is 11.9. The van der Waals surface area contributed by atoms with Crippen LogP contribution in [-0.4, -0.2) is 46.7 Å². The van der Waals surface area contributed by atoms with E-state index in [9.17, 15) is 4.79 Å². The van der Waals surface area contributed by atoms with Gasteiger partial charge in [0.15, 0.2) is 0 Å². The average Bonchev–Trinajstić information content (AvgIpc) is 3.15. The van der Waals surface area contributed by atoms with Gasteiger partial charge < -0.3 is 20.1 Å². The molecule has 1 aromatic heterocycles. The molecule has 25 heavy (non-hydrogen) atoms.